The molecule has 0 fully saturated rings. The first-order valence-corrected chi connectivity index (χ1v) is 6.02. The summed E-state index contributed by atoms with van der Waals surface area (Å²) in [6, 6.07) is 7.59. The lowest BCUT2D eigenvalue weighted by Crippen LogP contribution is -2.44. The summed E-state index contributed by atoms with van der Waals surface area (Å²) in [5.41, 5.74) is 1.59. The van der Waals surface area contributed by atoms with E-state index >= 15 is 0 Å². The van der Waals surface area contributed by atoms with Crippen molar-refractivity contribution in [2.24, 2.45) is 0 Å². The first kappa shape index (κ1) is 12.2. The highest BCUT2D eigenvalue weighted by Crippen LogP contribution is 2.09. The normalized spacial score (nSPS) is 11.2. The Hall–Kier alpha value is -0.830. The van der Waals surface area contributed by atoms with Crippen LogP contribution in [0, 0.1) is 6.92 Å². The smallest absolute Gasteiger partial charge is 0.251 e. The molecule has 2 nitrogen and oxygen atoms in total. The fraction of sp³-hybridized carbons (Fsp3) is 0.417. The van der Waals surface area contributed by atoms with Crippen LogP contribution in [-0.4, -0.2) is 16.8 Å². The van der Waals surface area contributed by atoms with Crippen LogP contribution >= 0.6 is 15.9 Å². The van der Waals surface area contributed by atoms with E-state index in [0.717, 1.165) is 10.9 Å². The van der Waals surface area contributed by atoms with Crippen LogP contribution in [-0.2, 0) is 0 Å². The number of benzene rings is 1. The topological polar surface area (TPSA) is 29.1 Å². The van der Waals surface area contributed by atoms with Crippen molar-refractivity contribution in [3.63, 3.8) is 0 Å². The molecule has 1 N–H and O–H groups in total. The van der Waals surface area contributed by atoms with Crippen LogP contribution in [0.2, 0.25) is 0 Å². The lowest BCUT2D eigenvalue weighted by Gasteiger charge is -2.23. The van der Waals surface area contributed by atoms with E-state index in [4.69, 9.17) is 0 Å². The van der Waals surface area contributed by atoms with Gasteiger partial charge in [-0.3, -0.25) is 4.79 Å². The second-order valence-electron chi connectivity index (χ2n) is 4.34. The molecule has 15 heavy (non-hydrogen) atoms. The molecule has 1 aromatic carbocycles. The van der Waals surface area contributed by atoms with Crippen molar-refractivity contribution in [1.29, 1.82) is 0 Å². The highest BCUT2D eigenvalue weighted by atomic mass is 79.9. The maximum absolute atomic E-state index is 11.8. The summed E-state index contributed by atoms with van der Waals surface area (Å²) in [6.45, 7) is 5.94. The molecule has 1 amide bonds. The number of nitrogens with one attached hydrogen (secondary N) is 1. The van der Waals surface area contributed by atoms with Crippen LogP contribution < -0.4 is 5.32 Å². The maximum Gasteiger partial charge on any atom is 0.251 e. The van der Waals surface area contributed by atoms with Gasteiger partial charge in [0.25, 0.3) is 5.91 Å². The molecule has 0 aliphatic carbocycles. The summed E-state index contributed by atoms with van der Waals surface area (Å²) >= 11 is 3.37. The van der Waals surface area contributed by atoms with E-state index in [1.807, 2.05) is 45.0 Å². The molecule has 0 saturated heterocycles. The molecule has 1 rings (SSSR count). The zero-order valence-electron chi connectivity index (χ0n) is 9.30. The molecule has 0 heterocycles. The first-order chi connectivity index (χ1) is 6.94. The number of amides is 1. The zero-order chi connectivity index (χ0) is 11.5. The van der Waals surface area contributed by atoms with Crippen LogP contribution in [0.15, 0.2) is 24.3 Å². The maximum atomic E-state index is 11.8. The van der Waals surface area contributed by atoms with Crippen molar-refractivity contribution in [2.45, 2.75) is 26.3 Å². The van der Waals surface area contributed by atoms with Gasteiger partial charge in [0.1, 0.15) is 0 Å². The standard InChI is InChI=1S/C12H16BrNO/c1-9-5-4-6-10(7-9)11(15)14-12(2,3)8-13/h4-7H,8H2,1-3H3,(H,14,15). The van der Waals surface area contributed by atoms with Gasteiger partial charge in [-0.1, -0.05) is 33.6 Å². The zero-order valence-corrected chi connectivity index (χ0v) is 10.9. The third-order valence-corrected chi connectivity index (χ3v) is 3.47. The van der Waals surface area contributed by atoms with E-state index in [1.54, 1.807) is 0 Å². The van der Waals surface area contributed by atoms with Gasteiger partial charge in [0.15, 0.2) is 0 Å². The van der Waals surface area contributed by atoms with Crippen LogP contribution in [0.3, 0.4) is 0 Å². The molecule has 3 heteroatoms. The number of rotatable bonds is 3. The van der Waals surface area contributed by atoms with Gasteiger partial charge in [0, 0.05) is 16.4 Å². The SMILES string of the molecule is Cc1cccc(C(=O)NC(C)(C)CBr)c1. The number of hydrogen-bond donors (Lipinski definition) is 1. The van der Waals surface area contributed by atoms with Crippen LogP contribution in [0.25, 0.3) is 0 Å². The second-order valence-corrected chi connectivity index (χ2v) is 4.90. The molecule has 0 aliphatic rings. The fourth-order valence-electron chi connectivity index (χ4n) is 1.20. The Morgan fingerprint density at radius 3 is 2.67 bits per heavy atom. The summed E-state index contributed by atoms with van der Waals surface area (Å²) in [7, 11) is 0. The number of halogens is 1. The molecule has 0 unspecified atom stereocenters. The van der Waals surface area contributed by atoms with E-state index in [1.165, 1.54) is 0 Å². The van der Waals surface area contributed by atoms with Crippen molar-refractivity contribution >= 4 is 21.8 Å². The van der Waals surface area contributed by atoms with Gasteiger partial charge in [0.2, 0.25) is 0 Å². The van der Waals surface area contributed by atoms with Crippen molar-refractivity contribution in [3.05, 3.63) is 35.4 Å². The molecule has 0 aromatic heterocycles. The van der Waals surface area contributed by atoms with Crippen LogP contribution in [0.5, 0.6) is 0 Å². The predicted octanol–water partition coefficient (Wildman–Crippen LogP) is 2.90. The second kappa shape index (κ2) is 4.79. The van der Waals surface area contributed by atoms with Crippen molar-refractivity contribution in [1.82, 2.24) is 5.32 Å². The third-order valence-electron chi connectivity index (χ3n) is 2.07. The molecular weight excluding hydrogens is 254 g/mol. The van der Waals surface area contributed by atoms with E-state index < -0.39 is 0 Å². The summed E-state index contributed by atoms with van der Waals surface area (Å²) in [6.07, 6.45) is 0. The summed E-state index contributed by atoms with van der Waals surface area (Å²) in [5.74, 6) is -0.0249. The minimum Gasteiger partial charge on any atom is -0.346 e. The average molecular weight is 270 g/mol. The first-order valence-electron chi connectivity index (χ1n) is 4.90. The summed E-state index contributed by atoms with van der Waals surface area (Å²) in [4.78, 5) is 11.8. The summed E-state index contributed by atoms with van der Waals surface area (Å²) < 4.78 is 0. The molecule has 1 aromatic rings. The number of aryl methyl sites for hydroxylation is 1. The molecule has 82 valence electrons. The van der Waals surface area contributed by atoms with Crippen LogP contribution in [0.1, 0.15) is 29.8 Å². The molecule has 0 radical (unpaired) electrons. The molecule has 0 atom stereocenters. The van der Waals surface area contributed by atoms with Gasteiger partial charge in [-0.2, -0.15) is 0 Å². The Morgan fingerprint density at radius 2 is 2.13 bits per heavy atom. The highest BCUT2D eigenvalue weighted by Gasteiger charge is 2.19. The molecular formula is C12H16BrNO. The highest BCUT2D eigenvalue weighted by molar-refractivity contribution is 9.09. The van der Waals surface area contributed by atoms with Gasteiger partial charge >= 0.3 is 0 Å². The number of carbonyl (C=O) groups excluding carboxylic acids is 1. The molecule has 0 saturated carbocycles. The number of alkyl halides is 1. The average Bonchev–Trinajstić information content (AvgIpc) is 2.17. The molecule has 0 bridgehead atoms. The van der Waals surface area contributed by atoms with Crippen molar-refractivity contribution < 1.29 is 4.79 Å². The Balaban J connectivity index is 2.78. The third kappa shape index (κ3) is 3.67. The van der Waals surface area contributed by atoms with Gasteiger partial charge in [-0.25, -0.2) is 0 Å². The van der Waals surface area contributed by atoms with Crippen LogP contribution in [0.4, 0.5) is 0 Å². The number of carbonyl (C=O) groups is 1. The van der Waals surface area contributed by atoms with Gasteiger partial charge in [-0.05, 0) is 32.9 Å². The fourth-order valence-corrected chi connectivity index (χ4v) is 1.34. The Bertz CT molecular complexity index is 360. The van der Waals surface area contributed by atoms with E-state index in [2.05, 4.69) is 21.2 Å². The number of hydrogen-bond acceptors (Lipinski definition) is 1. The minimum absolute atomic E-state index is 0.0249. The minimum atomic E-state index is -0.221. The summed E-state index contributed by atoms with van der Waals surface area (Å²) in [5, 5.41) is 3.70. The van der Waals surface area contributed by atoms with E-state index in [9.17, 15) is 4.79 Å². The van der Waals surface area contributed by atoms with Gasteiger partial charge in [-0.15, -0.1) is 0 Å². The Kier molecular flexibility index (Phi) is 3.91. The van der Waals surface area contributed by atoms with E-state index in [0.29, 0.717) is 5.56 Å². The van der Waals surface area contributed by atoms with Crippen molar-refractivity contribution in [3.8, 4) is 0 Å². The monoisotopic (exact) mass is 269 g/mol. The molecule has 0 aliphatic heterocycles. The van der Waals surface area contributed by atoms with Gasteiger partial charge < -0.3 is 5.32 Å². The lowest BCUT2D eigenvalue weighted by atomic mass is 10.1. The van der Waals surface area contributed by atoms with Crippen molar-refractivity contribution in [2.75, 3.05) is 5.33 Å². The Labute approximate surface area is 99.2 Å². The Morgan fingerprint density at radius 1 is 1.47 bits per heavy atom. The lowest BCUT2D eigenvalue weighted by molar-refractivity contribution is 0.0921. The van der Waals surface area contributed by atoms with E-state index in [-0.39, 0.29) is 11.4 Å². The molecule has 0 spiro atoms. The quantitative estimate of drug-likeness (QED) is 0.841. The predicted molar refractivity (Wildman–Crippen MR) is 66.5 cm³/mol. The largest absolute Gasteiger partial charge is 0.346 e. The van der Waals surface area contributed by atoms with Gasteiger partial charge in [0.05, 0.1) is 0 Å².